The molecule has 0 saturated carbocycles. The Labute approximate surface area is 137 Å². The lowest BCUT2D eigenvalue weighted by Gasteiger charge is -2.13. The Hall–Kier alpha value is -0.850. The molecule has 2 rings (SSSR count). The van der Waals surface area contributed by atoms with Crippen LogP contribution in [0.15, 0.2) is 24.3 Å². The maximum absolute atomic E-state index is 12.0. The van der Waals surface area contributed by atoms with E-state index in [1.165, 1.54) is 0 Å². The van der Waals surface area contributed by atoms with Crippen LogP contribution in [0.5, 0.6) is 0 Å². The SMILES string of the molecule is CN(C)Cc1cccc(NC(=O)C2CC(O)CN2)c1.Cl.Cl. The molecule has 1 heterocycles. The molecule has 1 fully saturated rings. The van der Waals surface area contributed by atoms with Crippen molar-refractivity contribution in [1.29, 1.82) is 0 Å². The Morgan fingerprint density at radius 2 is 2.14 bits per heavy atom. The summed E-state index contributed by atoms with van der Waals surface area (Å²) < 4.78 is 0. The van der Waals surface area contributed by atoms with Crippen molar-refractivity contribution < 1.29 is 9.90 Å². The van der Waals surface area contributed by atoms with Gasteiger partial charge in [-0.2, -0.15) is 0 Å². The molecular weight excluding hydrogens is 313 g/mol. The number of nitrogens with one attached hydrogen (secondary N) is 2. The molecule has 3 N–H and O–H groups in total. The van der Waals surface area contributed by atoms with Crippen molar-refractivity contribution in [3.8, 4) is 0 Å². The van der Waals surface area contributed by atoms with Gasteiger partial charge < -0.3 is 20.6 Å². The van der Waals surface area contributed by atoms with Gasteiger partial charge in [0, 0.05) is 18.8 Å². The van der Waals surface area contributed by atoms with Gasteiger partial charge in [-0.25, -0.2) is 0 Å². The molecule has 2 unspecified atom stereocenters. The van der Waals surface area contributed by atoms with Crippen LogP contribution < -0.4 is 10.6 Å². The van der Waals surface area contributed by atoms with E-state index < -0.39 is 6.10 Å². The van der Waals surface area contributed by atoms with Gasteiger partial charge in [0.05, 0.1) is 12.1 Å². The van der Waals surface area contributed by atoms with E-state index >= 15 is 0 Å². The van der Waals surface area contributed by atoms with Crippen molar-refractivity contribution in [2.24, 2.45) is 0 Å². The molecule has 2 atom stereocenters. The van der Waals surface area contributed by atoms with Crippen LogP contribution in [0.1, 0.15) is 12.0 Å². The van der Waals surface area contributed by atoms with Crippen molar-refractivity contribution >= 4 is 36.4 Å². The zero-order valence-electron chi connectivity index (χ0n) is 12.2. The molecule has 0 radical (unpaired) electrons. The first-order chi connectivity index (χ1) is 9.04. The molecule has 1 saturated heterocycles. The Bertz CT molecular complexity index is 458. The van der Waals surface area contributed by atoms with E-state index in [4.69, 9.17) is 0 Å². The first-order valence-corrected chi connectivity index (χ1v) is 6.50. The molecule has 120 valence electrons. The molecule has 21 heavy (non-hydrogen) atoms. The number of aliphatic hydroxyl groups is 1. The maximum atomic E-state index is 12.0. The second-order valence-corrected chi connectivity index (χ2v) is 5.28. The molecule has 7 heteroatoms. The molecule has 0 bridgehead atoms. The summed E-state index contributed by atoms with van der Waals surface area (Å²) >= 11 is 0. The van der Waals surface area contributed by atoms with Crippen molar-refractivity contribution in [3.05, 3.63) is 29.8 Å². The number of aliphatic hydroxyl groups excluding tert-OH is 1. The third-order valence-corrected chi connectivity index (χ3v) is 3.12. The first kappa shape index (κ1) is 20.1. The fourth-order valence-corrected chi connectivity index (χ4v) is 2.26. The highest BCUT2D eigenvalue weighted by atomic mass is 35.5. The topological polar surface area (TPSA) is 64.6 Å². The molecule has 1 aliphatic rings. The minimum atomic E-state index is -0.421. The lowest BCUT2D eigenvalue weighted by atomic mass is 10.1. The summed E-state index contributed by atoms with van der Waals surface area (Å²) in [5.41, 5.74) is 1.95. The summed E-state index contributed by atoms with van der Waals surface area (Å²) in [6.45, 7) is 1.32. The number of rotatable bonds is 4. The fourth-order valence-electron chi connectivity index (χ4n) is 2.26. The van der Waals surface area contributed by atoms with Gasteiger partial charge in [0.2, 0.25) is 5.91 Å². The summed E-state index contributed by atoms with van der Waals surface area (Å²) in [6, 6.07) is 7.53. The smallest absolute Gasteiger partial charge is 0.241 e. The lowest BCUT2D eigenvalue weighted by Crippen LogP contribution is -2.35. The number of nitrogens with zero attached hydrogens (tertiary/aromatic N) is 1. The van der Waals surface area contributed by atoms with E-state index in [0.717, 1.165) is 17.8 Å². The molecule has 5 nitrogen and oxygen atoms in total. The molecule has 1 aromatic carbocycles. The number of amides is 1. The number of hydrogen-bond acceptors (Lipinski definition) is 4. The van der Waals surface area contributed by atoms with Crippen LogP contribution in [0.3, 0.4) is 0 Å². The third kappa shape index (κ3) is 6.20. The average Bonchev–Trinajstić information content (AvgIpc) is 2.75. The predicted molar refractivity (Wildman–Crippen MR) is 89.4 cm³/mol. The van der Waals surface area contributed by atoms with Crippen molar-refractivity contribution in [3.63, 3.8) is 0 Å². The van der Waals surface area contributed by atoms with Gasteiger partial charge in [0.15, 0.2) is 0 Å². The van der Waals surface area contributed by atoms with E-state index in [2.05, 4.69) is 15.5 Å². The van der Waals surface area contributed by atoms with Gasteiger partial charge in [-0.3, -0.25) is 4.79 Å². The summed E-state index contributed by atoms with van der Waals surface area (Å²) in [5, 5.41) is 15.3. The minimum Gasteiger partial charge on any atom is -0.392 e. The number of carbonyl (C=O) groups excluding carboxylic acids is 1. The van der Waals surface area contributed by atoms with E-state index in [1.807, 2.05) is 38.4 Å². The van der Waals surface area contributed by atoms with Gasteiger partial charge in [-0.05, 0) is 38.2 Å². The maximum Gasteiger partial charge on any atom is 0.241 e. The van der Waals surface area contributed by atoms with Gasteiger partial charge in [-0.1, -0.05) is 12.1 Å². The number of β-amino-alcohol motifs (C(OH)–C–C–N with tert-alkyl or cyclic N) is 1. The summed E-state index contributed by atoms with van der Waals surface area (Å²) in [5.74, 6) is -0.0847. The highest BCUT2D eigenvalue weighted by molar-refractivity contribution is 5.95. The third-order valence-electron chi connectivity index (χ3n) is 3.12. The minimum absolute atomic E-state index is 0. The normalized spacial score (nSPS) is 20.6. The van der Waals surface area contributed by atoms with E-state index in [9.17, 15) is 9.90 Å². The fraction of sp³-hybridized carbons (Fsp3) is 0.500. The summed E-state index contributed by atoms with van der Waals surface area (Å²) in [4.78, 5) is 14.1. The quantitative estimate of drug-likeness (QED) is 0.774. The van der Waals surface area contributed by atoms with Crippen LogP contribution in [-0.2, 0) is 11.3 Å². The Kier molecular flexibility index (Phi) is 8.85. The predicted octanol–water partition coefficient (Wildman–Crippen LogP) is 1.25. The largest absolute Gasteiger partial charge is 0.392 e. The van der Waals surface area contributed by atoms with E-state index in [-0.39, 0.29) is 36.8 Å². The van der Waals surface area contributed by atoms with E-state index in [1.54, 1.807) is 0 Å². The molecule has 1 amide bonds. The van der Waals surface area contributed by atoms with Crippen molar-refractivity contribution in [2.75, 3.05) is 26.0 Å². The van der Waals surface area contributed by atoms with Crippen LogP contribution in [-0.4, -0.2) is 48.7 Å². The Morgan fingerprint density at radius 1 is 1.43 bits per heavy atom. The van der Waals surface area contributed by atoms with Gasteiger partial charge in [-0.15, -0.1) is 24.8 Å². The van der Waals surface area contributed by atoms with Crippen molar-refractivity contribution in [1.82, 2.24) is 10.2 Å². The second-order valence-electron chi connectivity index (χ2n) is 5.28. The van der Waals surface area contributed by atoms with Gasteiger partial charge in [0.1, 0.15) is 0 Å². The van der Waals surface area contributed by atoms with Crippen LogP contribution in [0, 0.1) is 0 Å². The average molecular weight is 336 g/mol. The first-order valence-electron chi connectivity index (χ1n) is 6.50. The molecule has 0 aliphatic carbocycles. The number of halogens is 2. The Morgan fingerprint density at radius 3 is 2.71 bits per heavy atom. The highest BCUT2D eigenvalue weighted by Crippen LogP contribution is 2.14. The number of hydrogen-bond donors (Lipinski definition) is 3. The Balaban J connectivity index is 0.00000200. The standard InChI is InChI=1S/C14H21N3O2.2ClH/c1-17(2)9-10-4-3-5-11(6-10)16-14(19)13-7-12(18)8-15-13;;/h3-6,12-13,15,18H,7-9H2,1-2H3,(H,16,19);2*1H. The zero-order chi connectivity index (χ0) is 13.8. The van der Waals surface area contributed by atoms with Gasteiger partial charge >= 0.3 is 0 Å². The van der Waals surface area contributed by atoms with Crippen LogP contribution >= 0.6 is 24.8 Å². The molecule has 0 spiro atoms. The second kappa shape index (κ2) is 9.23. The van der Waals surface area contributed by atoms with Crippen LogP contribution in [0.4, 0.5) is 5.69 Å². The molecule has 1 aliphatic heterocycles. The molecular formula is C14H23Cl2N3O2. The summed E-state index contributed by atoms with van der Waals surface area (Å²) in [7, 11) is 4.02. The lowest BCUT2D eigenvalue weighted by molar-refractivity contribution is -0.117. The molecule has 1 aromatic rings. The van der Waals surface area contributed by atoms with Crippen LogP contribution in [0.2, 0.25) is 0 Å². The number of benzene rings is 1. The van der Waals surface area contributed by atoms with Gasteiger partial charge in [0.25, 0.3) is 0 Å². The number of anilines is 1. The monoisotopic (exact) mass is 335 g/mol. The molecule has 0 aromatic heterocycles. The van der Waals surface area contributed by atoms with Crippen molar-refractivity contribution in [2.45, 2.75) is 25.1 Å². The number of carbonyl (C=O) groups is 1. The zero-order valence-corrected chi connectivity index (χ0v) is 13.8. The highest BCUT2D eigenvalue weighted by Gasteiger charge is 2.27. The van der Waals surface area contributed by atoms with E-state index in [0.29, 0.717) is 13.0 Å². The van der Waals surface area contributed by atoms with Crippen LogP contribution in [0.25, 0.3) is 0 Å². The summed E-state index contributed by atoms with van der Waals surface area (Å²) in [6.07, 6.45) is 0.0549.